The second-order valence-corrected chi connectivity index (χ2v) is 5.80. The van der Waals surface area contributed by atoms with E-state index in [9.17, 15) is 9.18 Å². The lowest BCUT2D eigenvalue weighted by atomic mass is 10.1. The highest BCUT2D eigenvalue weighted by Crippen LogP contribution is 2.10. The lowest BCUT2D eigenvalue weighted by molar-refractivity contribution is -0.115. The molecule has 2 rings (SSSR count). The van der Waals surface area contributed by atoms with Crippen molar-refractivity contribution in [3.63, 3.8) is 0 Å². The van der Waals surface area contributed by atoms with Crippen LogP contribution in [0, 0.1) is 11.7 Å². The zero-order chi connectivity index (χ0) is 15.1. The Morgan fingerprint density at radius 2 is 1.95 bits per heavy atom. The Bertz CT molecular complexity index is 443. The summed E-state index contributed by atoms with van der Waals surface area (Å²) in [7, 11) is 0. The van der Waals surface area contributed by atoms with Gasteiger partial charge in [0.2, 0.25) is 5.91 Å². The first-order valence-electron chi connectivity index (χ1n) is 7.62. The highest BCUT2D eigenvalue weighted by Gasteiger charge is 2.14. The summed E-state index contributed by atoms with van der Waals surface area (Å²) in [6.07, 6.45) is 2.61. The molecule has 0 aliphatic carbocycles. The molecule has 1 unspecified atom stereocenters. The van der Waals surface area contributed by atoms with Crippen molar-refractivity contribution in [1.29, 1.82) is 0 Å². The van der Waals surface area contributed by atoms with Crippen molar-refractivity contribution >= 4 is 11.6 Å². The van der Waals surface area contributed by atoms with Gasteiger partial charge in [0, 0.05) is 12.2 Å². The molecule has 1 aromatic rings. The molecule has 0 saturated carbocycles. The van der Waals surface area contributed by atoms with E-state index in [0.29, 0.717) is 11.6 Å². The van der Waals surface area contributed by atoms with Gasteiger partial charge in [0.25, 0.3) is 0 Å². The molecule has 1 heterocycles. The van der Waals surface area contributed by atoms with E-state index >= 15 is 0 Å². The van der Waals surface area contributed by atoms with Gasteiger partial charge in [-0.1, -0.05) is 6.92 Å². The number of rotatable bonds is 7. The molecule has 116 valence electrons. The van der Waals surface area contributed by atoms with Gasteiger partial charge in [-0.3, -0.25) is 4.79 Å². The third-order valence-corrected chi connectivity index (χ3v) is 3.67. The maximum Gasteiger partial charge on any atom is 0.238 e. The molecule has 1 atom stereocenters. The number of hydrogen-bond acceptors (Lipinski definition) is 3. The molecule has 0 spiro atoms. The van der Waals surface area contributed by atoms with Crippen LogP contribution >= 0.6 is 0 Å². The summed E-state index contributed by atoms with van der Waals surface area (Å²) in [6, 6.07) is 5.79. The average Bonchev–Trinajstić information content (AvgIpc) is 2.94. The first-order valence-corrected chi connectivity index (χ1v) is 7.62. The van der Waals surface area contributed by atoms with E-state index in [-0.39, 0.29) is 18.3 Å². The number of hydrogen-bond donors (Lipinski definition) is 2. The zero-order valence-corrected chi connectivity index (χ0v) is 12.6. The Kier molecular flexibility index (Phi) is 6.14. The Morgan fingerprint density at radius 1 is 1.29 bits per heavy atom. The molecule has 4 nitrogen and oxygen atoms in total. The van der Waals surface area contributed by atoms with Crippen LogP contribution in [-0.4, -0.2) is 43.5 Å². The molecule has 1 saturated heterocycles. The fraction of sp³-hybridized carbons (Fsp3) is 0.562. The summed E-state index contributed by atoms with van der Waals surface area (Å²) in [5.74, 6) is 0.124. The smallest absolute Gasteiger partial charge is 0.238 e. The van der Waals surface area contributed by atoms with Crippen molar-refractivity contribution in [2.75, 3.05) is 38.0 Å². The minimum absolute atomic E-state index is 0.102. The first-order chi connectivity index (χ1) is 10.1. The van der Waals surface area contributed by atoms with Crippen LogP contribution in [0.3, 0.4) is 0 Å². The number of benzene rings is 1. The molecular formula is C16H24FN3O. The summed E-state index contributed by atoms with van der Waals surface area (Å²) in [4.78, 5) is 14.2. The monoisotopic (exact) mass is 293 g/mol. The number of carbonyl (C=O) groups excluding carboxylic acids is 1. The number of halogens is 1. The first kappa shape index (κ1) is 15.9. The van der Waals surface area contributed by atoms with Gasteiger partial charge in [-0.05, 0) is 62.7 Å². The molecule has 0 radical (unpaired) electrons. The summed E-state index contributed by atoms with van der Waals surface area (Å²) in [6.45, 7) is 6.80. The SMILES string of the molecule is CC(CNCC(=O)Nc1ccc(F)cc1)CN1CCCC1. The second kappa shape index (κ2) is 8.10. The van der Waals surface area contributed by atoms with Crippen molar-refractivity contribution in [3.05, 3.63) is 30.1 Å². The van der Waals surface area contributed by atoms with Crippen molar-refractivity contribution in [2.45, 2.75) is 19.8 Å². The predicted octanol–water partition coefficient (Wildman–Crippen LogP) is 2.09. The topological polar surface area (TPSA) is 44.4 Å². The number of carbonyl (C=O) groups is 1. The Balaban J connectivity index is 1.61. The minimum Gasteiger partial charge on any atom is -0.325 e. The van der Waals surface area contributed by atoms with Crippen LogP contribution in [0.1, 0.15) is 19.8 Å². The Morgan fingerprint density at radius 3 is 2.62 bits per heavy atom. The molecule has 1 aliphatic rings. The second-order valence-electron chi connectivity index (χ2n) is 5.80. The Labute approximate surface area is 125 Å². The number of nitrogens with one attached hydrogen (secondary N) is 2. The van der Waals surface area contributed by atoms with Gasteiger partial charge >= 0.3 is 0 Å². The lowest BCUT2D eigenvalue weighted by Crippen LogP contribution is -2.35. The van der Waals surface area contributed by atoms with Crippen molar-refractivity contribution in [1.82, 2.24) is 10.2 Å². The van der Waals surface area contributed by atoms with E-state index in [4.69, 9.17) is 0 Å². The van der Waals surface area contributed by atoms with Crippen LogP contribution in [0.25, 0.3) is 0 Å². The van der Waals surface area contributed by atoms with Crippen LogP contribution in [0.15, 0.2) is 24.3 Å². The highest BCUT2D eigenvalue weighted by atomic mass is 19.1. The van der Waals surface area contributed by atoms with Gasteiger partial charge in [0.15, 0.2) is 0 Å². The summed E-state index contributed by atoms with van der Waals surface area (Å²) in [5, 5.41) is 5.92. The van der Waals surface area contributed by atoms with Gasteiger partial charge < -0.3 is 15.5 Å². The molecule has 21 heavy (non-hydrogen) atoms. The van der Waals surface area contributed by atoms with Crippen LogP contribution in [0.5, 0.6) is 0 Å². The molecule has 0 aromatic heterocycles. The van der Waals surface area contributed by atoms with Crippen LogP contribution in [-0.2, 0) is 4.79 Å². The van der Waals surface area contributed by atoms with Gasteiger partial charge in [-0.25, -0.2) is 4.39 Å². The zero-order valence-electron chi connectivity index (χ0n) is 12.6. The van der Waals surface area contributed by atoms with Crippen molar-refractivity contribution < 1.29 is 9.18 Å². The van der Waals surface area contributed by atoms with E-state index in [2.05, 4.69) is 22.5 Å². The third kappa shape index (κ3) is 5.81. The summed E-state index contributed by atoms with van der Waals surface area (Å²) < 4.78 is 12.8. The van der Waals surface area contributed by atoms with E-state index in [1.807, 2.05) is 0 Å². The third-order valence-electron chi connectivity index (χ3n) is 3.67. The predicted molar refractivity (Wildman–Crippen MR) is 82.7 cm³/mol. The van der Waals surface area contributed by atoms with Gasteiger partial charge in [-0.2, -0.15) is 0 Å². The van der Waals surface area contributed by atoms with Gasteiger partial charge in [0.1, 0.15) is 5.82 Å². The molecule has 1 amide bonds. The molecule has 5 heteroatoms. The van der Waals surface area contributed by atoms with E-state index < -0.39 is 0 Å². The largest absolute Gasteiger partial charge is 0.325 e. The highest BCUT2D eigenvalue weighted by molar-refractivity contribution is 5.92. The Hall–Kier alpha value is -1.46. The van der Waals surface area contributed by atoms with Gasteiger partial charge in [0.05, 0.1) is 6.54 Å². The van der Waals surface area contributed by atoms with E-state index in [0.717, 1.165) is 13.1 Å². The number of anilines is 1. The maximum absolute atomic E-state index is 12.8. The van der Waals surface area contributed by atoms with E-state index in [1.54, 1.807) is 12.1 Å². The molecule has 1 fully saturated rings. The van der Waals surface area contributed by atoms with Crippen LogP contribution in [0.2, 0.25) is 0 Å². The minimum atomic E-state index is -0.304. The normalized spacial score (nSPS) is 16.9. The molecule has 2 N–H and O–H groups in total. The summed E-state index contributed by atoms with van der Waals surface area (Å²) >= 11 is 0. The number of amides is 1. The molecule has 1 aromatic carbocycles. The molecular weight excluding hydrogens is 269 g/mol. The standard InChI is InChI=1S/C16H24FN3O/c1-13(12-20-8-2-3-9-20)10-18-11-16(21)19-15-6-4-14(17)5-7-15/h4-7,13,18H,2-3,8-12H2,1H3,(H,19,21). The fourth-order valence-corrected chi connectivity index (χ4v) is 2.64. The van der Waals surface area contributed by atoms with Crippen LogP contribution < -0.4 is 10.6 Å². The maximum atomic E-state index is 12.8. The molecule has 1 aliphatic heterocycles. The summed E-state index contributed by atoms with van der Waals surface area (Å²) in [5.41, 5.74) is 0.619. The molecule has 0 bridgehead atoms. The van der Waals surface area contributed by atoms with Crippen molar-refractivity contribution in [2.24, 2.45) is 5.92 Å². The van der Waals surface area contributed by atoms with Crippen LogP contribution in [0.4, 0.5) is 10.1 Å². The van der Waals surface area contributed by atoms with Crippen molar-refractivity contribution in [3.8, 4) is 0 Å². The number of nitrogens with zero attached hydrogens (tertiary/aromatic N) is 1. The van der Waals surface area contributed by atoms with E-state index in [1.165, 1.54) is 38.1 Å². The fourth-order valence-electron chi connectivity index (χ4n) is 2.64. The average molecular weight is 293 g/mol. The van der Waals surface area contributed by atoms with Gasteiger partial charge in [-0.15, -0.1) is 0 Å². The number of likely N-dealkylation sites (tertiary alicyclic amines) is 1. The quantitative estimate of drug-likeness (QED) is 0.809. The lowest BCUT2D eigenvalue weighted by Gasteiger charge is -2.20.